The Morgan fingerprint density at radius 3 is 2.82 bits per heavy atom. The lowest BCUT2D eigenvalue weighted by atomic mass is 10.3. The zero-order chi connectivity index (χ0) is 12.3. The molecule has 88 valence electrons. The fourth-order valence-corrected chi connectivity index (χ4v) is 2.39. The number of carbonyl (C=O) groups is 1. The summed E-state index contributed by atoms with van der Waals surface area (Å²) < 4.78 is 0.889. The molecule has 0 aliphatic carbocycles. The zero-order valence-corrected chi connectivity index (χ0v) is 11.6. The summed E-state index contributed by atoms with van der Waals surface area (Å²) in [4.78, 5) is 17.9. The van der Waals surface area contributed by atoms with E-state index in [1.807, 2.05) is 18.2 Å². The second-order valence-electron chi connectivity index (χ2n) is 3.44. The van der Waals surface area contributed by atoms with Crippen LogP contribution in [0.2, 0.25) is 0 Å². The average molecular weight is 311 g/mol. The molecule has 2 aromatic rings. The number of carbonyl (C=O) groups excluding carboxylic acids is 1. The van der Waals surface area contributed by atoms with Gasteiger partial charge < -0.3 is 5.32 Å². The monoisotopic (exact) mass is 310 g/mol. The lowest BCUT2D eigenvalue weighted by Crippen LogP contribution is -2.11. The summed E-state index contributed by atoms with van der Waals surface area (Å²) >= 11 is 4.81. The number of hydrogen-bond acceptors (Lipinski definition) is 3. The number of rotatable bonds is 3. The standard InChI is InChI=1S/C12H11BrN2OS/c1-2-9-4-5-10(17-9)12(16)15-11-6-3-8(13)7-14-11/h3-7H,2H2,1H3,(H,14,15,16). The van der Waals surface area contributed by atoms with Gasteiger partial charge >= 0.3 is 0 Å². The molecule has 0 aromatic carbocycles. The normalized spacial score (nSPS) is 10.2. The number of thiophene rings is 1. The van der Waals surface area contributed by atoms with E-state index in [1.54, 1.807) is 12.3 Å². The Bertz CT molecular complexity index is 522. The number of aromatic nitrogens is 1. The maximum Gasteiger partial charge on any atom is 0.266 e. The first-order chi connectivity index (χ1) is 8.19. The molecule has 0 saturated heterocycles. The molecule has 0 aliphatic heterocycles. The summed E-state index contributed by atoms with van der Waals surface area (Å²) in [5, 5.41) is 2.76. The molecule has 0 fully saturated rings. The molecule has 0 atom stereocenters. The van der Waals surface area contributed by atoms with Gasteiger partial charge in [0.2, 0.25) is 0 Å². The largest absolute Gasteiger partial charge is 0.306 e. The Kier molecular flexibility index (Phi) is 3.91. The number of nitrogens with one attached hydrogen (secondary N) is 1. The van der Waals surface area contributed by atoms with Crippen molar-refractivity contribution < 1.29 is 4.79 Å². The van der Waals surface area contributed by atoms with E-state index in [2.05, 4.69) is 33.2 Å². The van der Waals surface area contributed by atoms with Crippen LogP contribution in [0, 0.1) is 0 Å². The number of anilines is 1. The molecule has 0 radical (unpaired) electrons. The van der Waals surface area contributed by atoms with Crippen molar-refractivity contribution in [3.8, 4) is 0 Å². The van der Waals surface area contributed by atoms with Gasteiger partial charge in [-0.05, 0) is 46.6 Å². The third kappa shape index (κ3) is 3.14. The van der Waals surface area contributed by atoms with Crippen LogP contribution in [0.5, 0.6) is 0 Å². The van der Waals surface area contributed by atoms with Gasteiger partial charge in [-0.25, -0.2) is 4.98 Å². The molecule has 1 amide bonds. The molecular weight excluding hydrogens is 300 g/mol. The van der Waals surface area contributed by atoms with E-state index in [9.17, 15) is 4.79 Å². The van der Waals surface area contributed by atoms with E-state index in [-0.39, 0.29) is 5.91 Å². The molecule has 5 heteroatoms. The summed E-state index contributed by atoms with van der Waals surface area (Å²) in [5.41, 5.74) is 0. The Morgan fingerprint density at radius 2 is 2.24 bits per heavy atom. The maximum absolute atomic E-state index is 11.9. The second kappa shape index (κ2) is 5.42. The van der Waals surface area contributed by atoms with Crippen molar-refractivity contribution in [1.82, 2.24) is 4.98 Å². The van der Waals surface area contributed by atoms with Crippen LogP contribution in [0.1, 0.15) is 21.5 Å². The summed E-state index contributed by atoms with van der Waals surface area (Å²) in [7, 11) is 0. The third-order valence-corrected chi connectivity index (χ3v) is 3.90. The predicted molar refractivity (Wildman–Crippen MR) is 73.6 cm³/mol. The molecule has 1 N–H and O–H groups in total. The van der Waals surface area contributed by atoms with E-state index in [1.165, 1.54) is 16.2 Å². The molecule has 0 spiro atoms. The Balaban J connectivity index is 2.08. The fraction of sp³-hybridized carbons (Fsp3) is 0.167. The highest BCUT2D eigenvalue weighted by Crippen LogP contribution is 2.18. The number of amides is 1. The van der Waals surface area contributed by atoms with Gasteiger partial charge in [-0.3, -0.25) is 4.79 Å². The minimum atomic E-state index is -0.107. The highest BCUT2D eigenvalue weighted by molar-refractivity contribution is 9.10. The predicted octanol–water partition coefficient (Wildman–Crippen LogP) is 3.72. The minimum absolute atomic E-state index is 0.107. The van der Waals surface area contributed by atoms with Crippen molar-refractivity contribution in [2.24, 2.45) is 0 Å². The molecule has 2 heterocycles. The van der Waals surface area contributed by atoms with Crippen LogP contribution in [0.25, 0.3) is 0 Å². The van der Waals surface area contributed by atoms with Crippen LogP contribution < -0.4 is 5.32 Å². The highest BCUT2D eigenvalue weighted by Gasteiger charge is 2.09. The van der Waals surface area contributed by atoms with Crippen LogP contribution in [0.4, 0.5) is 5.82 Å². The molecule has 2 aromatic heterocycles. The van der Waals surface area contributed by atoms with E-state index in [4.69, 9.17) is 0 Å². The Labute approximate surface area is 112 Å². The number of halogens is 1. The van der Waals surface area contributed by atoms with E-state index in [0.29, 0.717) is 10.7 Å². The molecule has 0 saturated carbocycles. The minimum Gasteiger partial charge on any atom is -0.306 e. The first-order valence-corrected chi connectivity index (χ1v) is 6.81. The van der Waals surface area contributed by atoms with Crippen molar-refractivity contribution in [1.29, 1.82) is 0 Å². The quantitative estimate of drug-likeness (QED) is 0.938. The molecule has 0 aliphatic rings. The number of nitrogens with zero attached hydrogens (tertiary/aromatic N) is 1. The van der Waals surface area contributed by atoms with Crippen molar-refractivity contribution in [3.05, 3.63) is 44.7 Å². The van der Waals surface area contributed by atoms with Gasteiger partial charge in [0.15, 0.2) is 0 Å². The van der Waals surface area contributed by atoms with E-state index in [0.717, 1.165) is 10.9 Å². The fourth-order valence-electron chi connectivity index (χ4n) is 1.32. The van der Waals surface area contributed by atoms with Crippen molar-refractivity contribution in [2.75, 3.05) is 5.32 Å². The van der Waals surface area contributed by atoms with Gasteiger partial charge in [0.25, 0.3) is 5.91 Å². The summed E-state index contributed by atoms with van der Waals surface area (Å²) in [6, 6.07) is 7.43. The summed E-state index contributed by atoms with van der Waals surface area (Å²) in [5.74, 6) is 0.453. The molecule has 3 nitrogen and oxygen atoms in total. The van der Waals surface area contributed by atoms with Crippen molar-refractivity contribution in [2.45, 2.75) is 13.3 Å². The molecular formula is C12H11BrN2OS. The van der Waals surface area contributed by atoms with E-state index >= 15 is 0 Å². The Morgan fingerprint density at radius 1 is 1.41 bits per heavy atom. The topological polar surface area (TPSA) is 42.0 Å². The van der Waals surface area contributed by atoms with Crippen LogP contribution in [-0.4, -0.2) is 10.9 Å². The van der Waals surface area contributed by atoms with Crippen molar-refractivity contribution in [3.63, 3.8) is 0 Å². The smallest absolute Gasteiger partial charge is 0.266 e. The molecule has 0 unspecified atom stereocenters. The maximum atomic E-state index is 11.9. The van der Waals surface area contributed by atoms with Crippen LogP contribution in [0.3, 0.4) is 0 Å². The van der Waals surface area contributed by atoms with Gasteiger partial charge in [-0.2, -0.15) is 0 Å². The first-order valence-electron chi connectivity index (χ1n) is 5.20. The van der Waals surface area contributed by atoms with Crippen molar-refractivity contribution >= 4 is 39.0 Å². The number of hydrogen-bond donors (Lipinski definition) is 1. The first kappa shape index (κ1) is 12.3. The molecule has 2 rings (SSSR count). The summed E-state index contributed by atoms with van der Waals surface area (Å²) in [6.45, 7) is 2.07. The second-order valence-corrected chi connectivity index (χ2v) is 5.52. The molecule has 0 bridgehead atoms. The third-order valence-electron chi connectivity index (χ3n) is 2.20. The highest BCUT2D eigenvalue weighted by atomic mass is 79.9. The van der Waals surface area contributed by atoms with Crippen LogP contribution >= 0.6 is 27.3 Å². The SMILES string of the molecule is CCc1ccc(C(=O)Nc2ccc(Br)cn2)s1. The van der Waals surface area contributed by atoms with Gasteiger partial charge in [0.05, 0.1) is 4.88 Å². The van der Waals surface area contributed by atoms with Gasteiger partial charge in [0, 0.05) is 15.5 Å². The van der Waals surface area contributed by atoms with Gasteiger partial charge in [-0.1, -0.05) is 6.92 Å². The summed E-state index contributed by atoms with van der Waals surface area (Å²) in [6.07, 6.45) is 2.61. The lowest BCUT2D eigenvalue weighted by Gasteiger charge is -2.01. The zero-order valence-electron chi connectivity index (χ0n) is 9.24. The lowest BCUT2D eigenvalue weighted by molar-refractivity contribution is 0.103. The number of pyridine rings is 1. The number of aryl methyl sites for hydroxylation is 1. The van der Waals surface area contributed by atoms with Gasteiger partial charge in [0.1, 0.15) is 5.82 Å². The Hall–Kier alpha value is -1.20. The van der Waals surface area contributed by atoms with E-state index < -0.39 is 0 Å². The molecule has 17 heavy (non-hydrogen) atoms. The average Bonchev–Trinajstić information content (AvgIpc) is 2.81. The van der Waals surface area contributed by atoms with Gasteiger partial charge in [-0.15, -0.1) is 11.3 Å². The van der Waals surface area contributed by atoms with Crippen LogP contribution in [0.15, 0.2) is 34.9 Å². The van der Waals surface area contributed by atoms with Crippen LogP contribution in [-0.2, 0) is 6.42 Å².